The Morgan fingerprint density at radius 3 is 2.61 bits per heavy atom. The molecule has 1 heterocycles. The maximum absolute atomic E-state index is 12.1. The van der Waals surface area contributed by atoms with E-state index in [2.05, 4.69) is 0 Å². The van der Waals surface area contributed by atoms with Crippen molar-refractivity contribution >= 4 is 28.8 Å². The van der Waals surface area contributed by atoms with E-state index in [0.29, 0.717) is 36.7 Å². The number of allylic oxidation sites excluding steroid dienone is 1. The number of esters is 2. The van der Waals surface area contributed by atoms with Crippen LogP contribution in [0.5, 0.6) is 11.5 Å². The lowest BCUT2D eigenvalue weighted by Gasteiger charge is -2.23. The first-order valence-electron chi connectivity index (χ1n) is 11.8. The van der Waals surface area contributed by atoms with E-state index in [-0.39, 0.29) is 12.4 Å². The molecule has 3 rings (SSSR count). The summed E-state index contributed by atoms with van der Waals surface area (Å²) in [6.45, 7) is 6.40. The van der Waals surface area contributed by atoms with Gasteiger partial charge in [0, 0.05) is 24.1 Å². The molecule has 1 unspecified atom stereocenters. The summed E-state index contributed by atoms with van der Waals surface area (Å²) in [7, 11) is 1.34. The summed E-state index contributed by atoms with van der Waals surface area (Å²) in [5.41, 5.74) is 4.54. The Kier molecular flexibility index (Phi) is 10.1. The Morgan fingerprint density at radius 2 is 1.92 bits per heavy atom. The molecule has 0 amide bonds. The van der Waals surface area contributed by atoms with Crippen molar-refractivity contribution < 1.29 is 28.5 Å². The largest absolute Gasteiger partial charge is 0.489 e. The van der Waals surface area contributed by atoms with Crippen molar-refractivity contribution in [1.82, 2.24) is 0 Å². The minimum Gasteiger partial charge on any atom is -0.489 e. The molecule has 0 radical (unpaired) electrons. The summed E-state index contributed by atoms with van der Waals surface area (Å²) in [5.74, 6) is 0.468. The van der Waals surface area contributed by atoms with E-state index in [1.165, 1.54) is 13.2 Å². The average molecular weight is 509 g/mol. The third-order valence-electron chi connectivity index (χ3n) is 5.62. The van der Waals surface area contributed by atoms with Crippen LogP contribution in [0.2, 0.25) is 0 Å². The molecule has 0 aliphatic carbocycles. The summed E-state index contributed by atoms with van der Waals surface area (Å²) in [5, 5.41) is 4.05. The molecule has 0 bridgehead atoms. The predicted molar refractivity (Wildman–Crippen MR) is 141 cm³/mol. The van der Waals surface area contributed by atoms with Crippen LogP contribution in [0.3, 0.4) is 0 Å². The second-order valence-electron chi connectivity index (χ2n) is 8.24. The highest BCUT2D eigenvalue weighted by Crippen LogP contribution is 2.36. The van der Waals surface area contributed by atoms with Gasteiger partial charge >= 0.3 is 11.9 Å². The van der Waals surface area contributed by atoms with Gasteiger partial charge in [0.1, 0.15) is 24.2 Å². The van der Waals surface area contributed by atoms with Crippen LogP contribution in [-0.2, 0) is 25.7 Å². The highest BCUT2D eigenvalue weighted by Gasteiger charge is 2.20. The first-order chi connectivity index (χ1) is 17.4. The van der Waals surface area contributed by atoms with Crippen molar-refractivity contribution in [3.63, 3.8) is 0 Å². The van der Waals surface area contributed by atoms with Gasteiger partial charge in [0.2, 0.25) is 0 Å². The Balaban J connectivity index is 1.96. The Morgan fingerprint density at radius 1 is 1.11 bits per heavy atom. The van der Waals surface area contributed by atoms with Crippen LogP contribution in [0.1, 0.15) is 55.0 Å². The number of ether oxygens (including phenoxy) is 4. The van der Waals surface area contributed by atoms with Gasteiger partial charge in [-0.05, 0) is 78.4 Å². The lowest BCUT2D eigenvalue weighted by atomic mass is 9.99. The zero-order valence-corrected chi connectivity index (χ0v) is 21.9. The molecule has 0 saturated heterocycles. The molecule has 6 nitrogen and oxygen atoms in total. The van der Waals surface area contributed by atoms with Crippen LogP contribution in [0.15, 0.2) is 65.4 Å². The predicted octanol–water partition coefficient (Wildman–Crippen LogP) is 6.68. The fraction of sp³-hybridized carbons (Fsp3) is 0.310. The molecule has 1 aromatic heterocycles. The summed E-state index contributed by atoms with van der Waals surface area (Å²) < 4.78 is 22.5. The number of thiophene rings is 1. The van der Waals surface area contributed by atoms with Crippen LogP contribution in [-0.4, -0.2) is 25.7 Å². The van der Waals surface area contributed by atoms with Crippen LogP contribution in [0.4, 0.5) is 0 Å². The van der Waals surface area contributed by atoms with Gasteiger partial charge in [-0.1, -0.05) is 24.3 Å². The second-order valence-corrected chi connectivity index (χ2v) is 9.02. The number of hydrogen-bond donors (Lipinski definition) is 0. The van der Waals surface area contributed by atoms with E-state index >= 15 is 0 Å². The van der Waals surface area contributed by atoms with Crippen LogP contribution < -0.4 is 9.47 Å². The standard InChI is InChI=1S/C29H32O6S/c1-5-33-28(30)13-12-26(24-9-7-6-8-20(24)2)35-27-17-23(34-18-22-14-15-36-19-22)10-11-25(27)21(3)16-29(31)32-4/h6-11,14-17,19,26H,5,12-13,18H2,1-4H3. The normalized spacial score (nSPS) is 12.1. The highest BCUT2D eigenvalue weighted by molar-refractivity contribution is 7.07. The van der Waals surface area contributed by atoms with E-state index in [9.17, 15) is 9.59 Å². The zero-order chi connectivity index (χ0) is 25.9. The van der Waals surface area contributed by atoms with E-state index in [1.54, 1.807) is 18.3 Å². The van der Waals surface area contributed by atoms with Crippen LogP contribution in [0, 0.1) is 6.92 Å². The van der Waals surface area contributed by atoms with Crippen LogP contribution >= 0.6 is 11.3 Å². The Bertz CT molecular complexity index is 1180. The fourth-order valence-electron chi connectivity index (χ4n) is 3.73. The molecule has 1 atom stereocenters. The van der Waals surface area contributed by atoms with Gasteiger partial charge in [-0.15, -0.1) is 0 Å². The van der Waals surface area contributed by atoms with Crippen molar-refractivity contribution in [3.8, 4) is 11.5 Å². The molecule has 2 aromatic carbocycles. The molecular formula is C29H32O6S. The number of hydrogen-bond acceptors (Lipinski definition) is 7. The minimum atomic E-state index is -0.450. The average Bonchev–Trinajstić information content (AvgIpc) is 3.39. The number of aryl methyl sites for hydroxylation is 1. The quantitative estimate of drug-likeness (QED) is 0.201. The lowest BCUT2D eigenvalue weighted by Crippen LogP contribution is -2.14. The van der Waals surface area contributed by atoms with Gasteiger partial charge < -0.3 is 18.9 Å². The van der Waals surface area contributed by atoms with Gasteiger partial charge in [0.15, 0.2) is 0 Å². The molecule has 7 heteroatoms. The summed E-state index contributed by atoms with van der Waals surface area (Å²) >= 11 is 1.62. The third-order valence-corrected chi connectivity index (χ3v) is 6.35. The Hall–Kier alpha value is -3.58. The summed E-state index contributed by atoms with van der Waals surface area (Å²) in [4.78, 5) is 24.1. The maximum Gasteiger partial charge on any atom is 0.330 e. The Labute approximate surface area is 216 Å². The second kappa shape index (κ2) is 13.5. The maximum atomic E-state index is 12.1. The molecule has 36 heavy (non-hydrogen) atoms. The lowest BCUT2D eigenvalue weighted by molar-refractivity contribution is -0.143. The molecule has 0 fully saturated rings. The first kappa shape index (κ1) is 27.0. The SMILES string of the molecule is CCOC(=O)CCC(Oc1cc(OCc2ccsc2)ccc1C(C)=CC(=O)OC)c1ccccc1C. The van der Waals surface area contributed by atoms with E-state index in [1.807, 2.05) is 73.1 Å². The summed E-state index contributed by atoms with van der Waals surface area (Å²) in [6, 6.07) is 15.5. The number of carbonyl (C=O) groups is 2. The smallest absolute Gasteiger partial charge is 0.330 e. The van der Waals surface area contributed by atoms with Gasteiger partial charge in [-0.3, -0.25) is 4.79 Å². The monoisotopic (exact) mass is 508 g/mol. The molecule has 0 spiro atoms. The molecule has 3 aromatic rings. The molecule has 0 saturated carbocycles. The van der Waals surface area contributed by atoms with Crippen molar-refractivity contribution in [2.45, 2.75) is 46.3 Å². The molecular weight excluding hydrogens is 476 g/mol. The first-order valence-corrected chi connectivity index (χ1v) is 12.8. The van der Waals surface area contributed by atoms with Crippen LogP contribution in [0.25, 0.3) is 5.57 Å². The van der Waals surface area contributed by atoms with Crippen molar-refractivity contribution in [3.05, 3.63) is 87.6 Å². The van der Waals surface area contributed by atoms with Gasteiger partial charge in [-0.25, -0.2) is 4.79 Å². The highest BCUT2D eigenvalue weighted by atomic mass is 32.1. The number of methoxy groups -OCH3 is 1. The molecule has 0 aliphatic rings. The fourth-order valence-corrected chi connectivity index (χ4v) is 4.39. The third kappa shape index (κ3) is 7.71. The molecule has 190 valence electrons. The number of rotatable bonds is 12. The van der Waals surface area contributed by atoms with Gasteiger partial charge in [0.25, 0.3) is 0 Å². The van der Waals surface area contributed by atoms with Gasteiger partial charge in [0.05, 0.1) is 13.7 Å². The van der Waals surface area contributed by atoms with E-state index < -0.39 is 12.1 Å². The van der Waals surface area contributed by atoms with E-state index in [4.69, 9.17) is 18.9 Å². The van der Waals surface area contributed by atoms with Gasteiger partial charge in [-0.2, -0.15) is 11.3 Å². The molecule has 0 N–H and O–H groups in total. The molecule has 0 aliphatic heterocycles. The number of carbonyl (C=O) groups excluding carboxylic acids is 2. The topological polar surface area (TPSA) is 71.1 Å². The van der Waals surface area contributed by atoms with Crippen molar-refractivity contribution in [2.24, 2.45) is 0 Å². The number of benzene rings is 2. The van der Waals surface area contributed by atoms with Crippen molar-refractivity contribution in [2.75, 3.05) is 13.7 Å². The van der Waals surface area contributed by atoms with E-state index in [0.717, 1.165) is 22.3 Å². The summed E-state index contributed by atoms with van der Waals surface area (Å²) in [6.07, 6.45) is 1.67. The van der Waals surface area contributed by atoms with Crippen molar-refractivity contribution in [1.29, 1.82) is 0 Å². The minimum absolute atomic E-state index is 0.216. The zero-order valence-electron chi connectivity index (χ0n) is 21.1.